The van der Waals surface area contributed by atoms with Crippen LogP contribution in [0.15, 0.2) is 188 Å². The van der Waals surface area contributed by atoms with Crippen molar-refractivity contribution >= 4 is 31.5 Å². The second-order valence-corrected chi connectivity index (χ2v) is 17.3. The molecule has 0 saturated heterocycles. The van der Waals surface area contributed by atoms with Crippen LogP contribution >= 0.6 is 11.3 Å². The van der Waals surface area contributed by atoms with E-state index >= 15 is 0 Å². The van der Waals surface area contributed by atoms with Crippen molar-refractivity contribution in [3.05, 3.63) is 221 Å². The summed E-state index contributed by atoms with van der Waals surface area (Å²) in [7, 11) is 0. The average molecular weight is 772 g/mol. The highest BCUT2D eigenvalue weighted by molar-refractivity contribution is 7.26. The molecule has 0 spiro atoms. The molecule has 0 bridgehead atoms. The zero-order valence-electron chi connectivity index (χ0n) is 32.6. The van der Waals surface area contributed by atoms with Gasteiger partial charge < -0.3 is 0 Å². The highest BCUT2D eigenvalue weighted by atomic mass is 32.1. The minimum absolute atomic E-state index is 0.161. The Labute approximate surface area is 347 Å². The maximum absolute atomic E-state index is 5.55. The van der Waals surface area contributed by atoms with Gasteiger partial charge in [-0.1, -0.05) is 190 Å². The van der Waals surface area contributed by atoms with Crippen molar-refractivity contribution in [3.8, 4) is 56.4 Å². The van der Waals surface area contributed by atoms with Gasteiger partial charge in [0.2, 0.25) is 0 Å². The highest BCUT2D eigenvalue weighted by Crippen LogP contribution is 2.58. The lowest BCUT2D eigenvalue weighted by Gasteiger charge is -2.33. The molecule has 0 fully saturated rings. The normalized spacial score (nSPS) is 14.2. The Morgan fingerprint density at radius 3 is 1.47 bits per heavy atom. The third kappa shape index (κ3) is 4.78. The molecule has 0 amide bonds. The lowest BCUT2D eigenvalue weighted by molar-refractivity contribution is 0.660. The number of hydrogen-bond donors (Lipinski definition) is 0. The van der Waals surface area contributed by atoms with Crippen molar-refractivity contribution in [3.63, 3.8) is 0 Å². The maximum Gasteiger partial charge on any atom is 0.165 e. The van der Waals surface area contributed by atoms with E-state index in [9.17, 15) is 0 Å². The molecule has 0 saturated carbocycles. The summed E-state index contributed by atoms with van der Waals surface area (Å²) in [6.45, 7) is 4.65. The summed E-state index contributed by atoms with van der Waals surface area (Å²) >= 11 is 1.80. The summed E-state index contributed by atoms with van der Waals surface area (Å²) in [6.07, 6.45) is 0. The molecule has 0 N–H and O–H groups in total. The summed E-state index contributed by atoms with van der Waals surface area (Å²) < 4.78 is 2.43. The standard InChI is InChI=1S/C55H37N3S/c1-54(2)43-29-12-9-23-38(43)48-40(26-16-31-45(48)54)51-56-52(58-53(57-51)42-28-15-25-37-36-22-11-14-33-47(36)59-50(37)42)41-27-17-32-46-49(41)39-24-10-13-30-44(39)55(46,34-18-5-3-6-19-34)35-20-7-4-8-21-35/h3-33H,1-2H3. The number of thiophene rings is 1. The van der Waals surface area contributed by atoms with Gasteiger partial charge in [-0.2, -0.15) is 0 Å². The predicted octanol–water partition coefficient (Wildman–Crippen LogP) is 13.9. The van der Waals surface area contributed by atoms with Crippen LogP contribution in [0.4, 0.5) is 0 Å². The van der Waals surface area contributed by atoms with Gasteiger partial charge in [0.15, 0.2) is 17.5 Å². The van der Waals surface area contributed by atoms with Crippen LogP contribution in [0.5, 0.6) is 0 Å². The van der Waals surface area contributed by atoms with Gasteiger partial charge in [-0.3, -0.25) is 0 Å². The summed E-state index contributed by atoms with van der Waals surface area (Å²) in [6, 6.07) is 68.1. The van der Waals surface area contributed by atoms with Crippen LogP contribution in [-0.2, 0) is 10.8 Å². The SMILES string of the molecule is CC1(C)c2ccccc2-c2c(-c3nc(-c4cccc5c4-c4ccccc4C5(c4ccccc4)c4ccccc4)nc(-c4cccc5c4sc4ccccc45)n3)cccc21. The van der Waals surface area contributed by atoms with Crippen molar-refractivity contribution in [2.45, 2.75) is 24.7 Å². The first-order valence-corrected chi connectivity index (χ1v) is 21.1. The number of aromatic nitrogens is 3. The van der Waals surface area contributed by atoms with Gasteiger partial charge >= 0.3 is 0 Å². The van der Waals surface area contributed by atoms with Crippen LogP contribution in [0.2, 0.25) is 0 Å². The molecule has 0 unspecified atom stereocenters. The Morgan fingerprint density at radius 2 is 0.797 bits per heavy atom. The van der Waals surface area contributed by atoms with E-state index in [2.05, 4.69) is 202 Å². The lowest BCUT2D eigenvalue weighted by Crippen LogP contribution is -2.28. The zero-order valence-corrected chi connectivity index (χ0v) is 33.5. The van der Waals surface area contributed by atoms with Crippen molar-refractivity contribution in [1.29, 1.82) is 0 Å². The monoisotopic (exact) mass is 771 g/mol. The zero-order chi connectivity index (χ0) is 39.3. The van der Waals surface area contributed by atoms with Gasteiger partial charge in [-0.25, -0.2) is 15.0 Å². The Kier molecular flexibility index (Phi) is 7.36. The van der Waals surface area contributed by atoms with Gasteiger partial charge in [-0.05, 0) is 67.8 Å². The van der Waals surface area contributed by atoms with Crippen LogP contribution in [-0.4, -0.2) is 15.0 Å². The molecule has 0 radical (unpaired) electrons. The fourth-order valence-electron chi connectivity index (χ4n) is 10.3. The smallest absolute Gasteiger partial charge is 0.165 e. The summed E-state index contributed by atoms with van der Waals surface area (Å²) in [5.41, 5.74) is 14.6. The van der Waals surface area contributed by atoms with Crippen LogP contribution in [0.1, 0.15) is 47.2 Å². The number of hydrogen-bond acceptors (Lipinski definition) is 4. The maximum atomic E-state index is 5.55. The fourth-order valence-corrected chi connectivity index (χ4v) is 11.5. The van der Waals surface area contributed by atoms with Gasteiger partial charge in [-0.15, -0.1) is 11.3 Å². The van der Waals surface area contributed by atoms with E-state index in [-0.39, 0.29) is 5.41 Å². The second kappa shape index (κ2) is 12.7. The topological polar surface area (TPSA) is 38.7 Å². The summed E-state index contributed by atoms with van der Waals surface area (Å²) in [5.74, 6) is 2.01. The van der Waals surface area contributed by atoms with Crippen molar-refractivity contribution < 1.29 is 0 Å². The number of benzene rings is 8. The van der Waals surface area contributed by atoms with E-state index in [1.807, 2.05) is 0 Å². The minimum atomic E-state index is -0.540. The third-order valence-corrected chi connectivity index (χ3v) is 14.1. The van der Waals surface area contributed by atoms with Crippen LogP contribution in [0.25, 0.3) is 76.6 Å². The largest absolute Gasteiger partial charge is 0.208 e. The highest BCUT2D eigenvalue weighted by Gasteiger charge is 2.47. The van der Waals surface area contributed by atoms with Gasteiger partial charge in [0.1, 0.15) is 0 Å². The van der Waals surface area contributed by atoms with E-state index in [0.29, 0.717) is 17.5 Å². The molecule has 3 nitrogen and oxygen atoms in total. The van der Waals surface area contributed by atoms with E-state index in [1.54, 1.807) is 11.3 Å². The molecule has 278 valence electrons. The fraction of sp³-hybridized carbons (Fsp3) is 0.0727. The Hall–Kier alpha value is -7.01. The van der Waals surface area contributed by atoms with Crippen LogP contribution in [0.3, 0.4) is 0 Å². The molecule has 2 aliphatic rings. The number of rotatable bonds is 5. The van der Waals surface area contributed by atoms with Gasteiger partial charge in [0.25, 0.3) is 0 Å². The molecule has 4 heteroatoms. The molecule has 8 aromatic carbocycles. The first kappa shape index (κ1) is 34.1. The molecule has 2 aromatic heterocycles. The minimum Gasteiger partial charge on any atom is -0.208 e. The quantitative estimate of drug-likeness (QED) is 0.175. The third-order valence-electron chi connectivity index (χ3n) is 12.9. The molecule has 2 heterocycles. The first-order chi connectivity index (χ1) is 29.0. The van der Waals surface area contributed by atoms with E-state index in [0.717, 1.165) is 22.3 Å². The molecule has 0 aliphatic heterocycles. The van der Waals surface area contributed by atoms with E-state index in [4.69, 9.17) is 15.0 Å². The Balaban J connectivity index is 1.18. The number of fused-ring (bicyclic) bond motifs is 9. The Morgan fingerprint density at radius 1 is 0.356 bits per heavy atom. The summed E-state index contributed by atoms with van der Waals surface area (Å²) in [5, 5.41) is 2.46. The number of nitrogens with zero attached hydrogens (tertiary/aromatic N) is 3. The first-order valence-electron chi connectivity index (χ1n) is 20.3. The molecular formula is C55H37N3S. The molecule has 2 aliphatic carbocycles. The van der Waals surface area contributed by atoms with Crippen molar-refractivity contribution in [2.24, 2.45) is 0 Å². The predicted molar refractivity (Wildman–Crippen MR) is 244 cm³/mol. The molecule has 59 heavy (non-hydrogen) atoms. The van der Waals surface area contributed by atoms with Crippen LogP contribution < -0.4 is 0 Å². The van der Waals surface area contributed by atoms with Crippen LogP contribution in [0, 0.1) is 0 Å². The molecular weight excluding hydrogens is 735 g/mol. The van der Waals surface area contributed by atoms with Gasteiger partial charge in [0, 0.05) is 42.3 Å². The molecule has 0 atom stereocenters. The Bertz CT molecular complexity index is 3270. The lowest BCUT2D eigenvalue weighted by atomic mass is 9.67. The van der Waals surface area contributed by atoms with Gasteiger partial charge in [0.05, 0.1) is 5.41 Å². The van der Waals surface area contributed by atoms with E-state index < -0.39 is 5.41 Å². The van der Waals surface area contributed by atoms with E-state index in [1.165, 1.54) is 70.2 Å². The molecule has 10 aromatic rings. The second-order valence-electron chi connectivity index (χ2n) is 16.2. The molecule has 12 rings (SSSR count). The average Bonchev–Trinajstić information content (AvgIpc) is 3.91. The van der Waals surface area contributed by atoms with Crippen molar-refractivity contribution in [2.75, 3.05) is 0 Å². The summed E-state index contributed by atoms with van der Waals surface area (Å²) in [4.78, 5) is 16.5. The van der Waals surface area contributed by atoms with Crippen molar-refractivity contribution in [1.82, 2.24) is 15.0 Å².